The molecule has 0 aliphatic heterocycles. The van der Waals surface area contributed by atoms with Gasteiger partial charge in [-0.05, 0) is 0 Å². The molecule has 0 bridgehead atoms. The van der Waals surface area contributed by atoms with E-state index in [1.807, 2.05) is 34.6 Å². The number of methoxy groups -OCH3 is 1. The molecule has 6 nitrogen and oxygen atoms in total. The molecule has 10 heteroatoms. The fourth-order valence-corrected chi connectivity index (χ4v) is 16.3. The first kappa shape index (κ1) is 29.2. The Kier molecular flexibility index (Phi) is 19.8. The van der Waals surface area contributed by atoms with E-state index in [4.69, 9.17) is 26.9 Å². The number of ether oxygens (including phenoxy) is 1. The van der Waals surface area contributed by atoms with Gasteiger partial charge in [-0.1, -0.05) is 0 Å². The Hall–Kier alpha value is 1.23. The Labute approximate surface area is 186 Å². The van der Waals surface area contributed by atoms with E-state index in [1.54, 1.807) is 7.11 Å². The summed E-state index contributed by atoms with van der Waals surface area (Å²) < 4.78 is 35.3. The van der Waals surface area contributed by atoms with E-state index in [2.05, 4.69) is 0 Å². The molecular weight excluding hydrogens is 526 g/mol. The summed E-state index contributed by atoms with van der Waals surface area (Å²) >= 11 is 1.45. The summed E-state index contributed by atoms with van der Waals surface area (Å²) in [6, 6.07) is 1.98. The summed E-state index contributed by atoms with van der Waals surface area (Å²) in [6.07, 6.45) is 2.97. The molecule has 0 radical (unpaired) electrons. The van der Waals surface area contributed by atoms with Crippen LogP contribution in [0, 0.1) is 0 Å². The molecule has 0 aromatic rings. The van der Waals surface area contributed by atoms with Crippen molar-refractivity contribution in [2.75, 3.05) is 46.4 Å². The number of hydrogen-bond donors (Lipinski definition) is 0. The van der Waals surface area contributed by atoms with Gasteiger partial charge in [-0.15, -0.1) is 0 Å². The van der Waals surface area contributed by atoms with E-state index in [9.17, 15) is 0 Å². The first-order valence-electron chi connectivity index (χ1n) is 10.5. The van der Waals surface area contributed by atoms with E-state index >= 15 is 0 Å². The predicted octanol–water partition coefficient (Wildman–Crippen LogP) is 3.68. The molecule has 0 unspecified atom stereocenters. The fourth-order valence-electron chi connectivity index (χ4n) is 2.95. The van der Waals surface area contributed by atoms with Gasteiger partial charge in [0.05, 0.1) is 0 Å². The topological polar surface area (TPSA) is 55.4 Å². The third-order valence-electron chi connectivity index (χ3n) is 3.85. The second-order valence-electron chi connectivity index (χ2n) is 6.04. The average Bonchev–Trinajstić information content (AvgIpc) is 2.65. The van der Waals surface area contributed by atoms with Gasteiger partial charge in [0, 0.05) is 0 Å². The van der Waals surface area contributed by atoms with Crippen LogP contribution in [0.3, 0.4) is 0 Å². The van der Waals surface area contributed by atoms with Crippen LogP contribution in [-0.2, 0) is 26.9 Å². The zero-order valence-corrected chi connectivity index (χ0v) is 24.2. The van der Waals surface area contributed by atoms with Crippen molar-refractivity contribution in [2.24, 2.45) is 0 Å². The van der Waals surface area contributed by atoms with Crippen molar-refractivity contribution < 1.29 is 26.9 Å². The molecule has 0 aromatic carbocycles. The Bertz CT molecular complexity index is 290. The standard InChI is InChI=1S/C18H42O6Se2Si2/c1-7-20-27(18-19-6,21-8-2)16-12-14-25-26-15-13-17-28(22-9-3,23-10-4)24-11-5/h7-18H2,1-6H3. The number of hydrogen-bond acceptors (Lipinski definition) is 6. The quantitative estimate of drug-likeness (QED) is 0.156. The first-order valence-corrected chi connectivity index (χ1v) is 21.4. The van der Waals surface area contributed by atoms with Crippen molar-refractivity contribution in [3.05, 3.63) is 0 Å². The van der Waals surface area contributed by atoms with Crippen LogP contribution in [0.5, 0.6) is 0 Å². The second-order valence-corrected chi connectivity index (χ2v) is 19.8. The molecule has 0 aromatic heterocycles. The van der Waals surface area contributed by atoms with Crippen molar-refractivity contribution in [3.63, 3.8) is 0 Å². The zero-order chi connectivity index (χ0) is 21.1. The van der Waals surface area contributed by atoms with Gasteiger partial charge in [-0.3, -0.25) is 0 Å². The van der Waals surface area contributed by atoms with Gasteiger partial charge in [0.1, 0.15) is 0 Å². The second kappa shape index (κ2) is 19.0. The molecule has 0 saturated heterocycles. The molecule has 0 spiro atoms. The molecule has 0 fully saturated rings. The maximum absolute atomic E-state index is 6.03. The van der Waals surface area contributed by atoms with E-state index in [1.165, 1.54) is 17.1 Å². The summed E-state index contributed by atoms with van der Waals surface area (Å²) in [5, 5.41) is 2.59. The zero-order valence-electron chi connectivity index (χ0n) is 18.8. The molecule has 170 valence electrons. The van der Waals surface area contributed by atoms with Crippen LogP contribution >= 0.6 is 0 Å². The van der Waals surface area contributed by atoms with Crippen LogP contribution in [0.2, 0.25) is 22.7 Å². The molecule has 0 saturated carbocycles. The minimum atomic E-state index is -2.45. The van der Waals surface area contributed by atoms with Crippen LogP contribution in [-0.4, -0.2) is 90.0 Å². The fraction of sp³-hybridized carbons (Fsp3) is 1.00. The molecular formula is C18H42O6Se2Si2. The normalized spacial score (nSPS) is 12.6. The average molecular weight is 569 g/mol. The molecule has 0 heterocycles. The van der Waals surface area contributed by atoms with Gasteiger partial charge in [0.25, 0.3) is 0 Å². The van der Waals surface area contributed by atoms with Gasteiger partial charge in [-0.25, -0.2) is 0 Å². The van der Waals surface area contributed by atoms with Crippen molar-refractivity contribution in [1.82, 2.24) is 0 Å². The Morgan fingerprint density at radius 1 is 0.607 bits per heavy atom. The van der Waals surface area contributed by atoms with Gasteiger partial charge in [0.2, 0.25) is 0 Å². The van der Waals surface area contributed by atoms with Gasteiger partial charge >= 0.3 is 187 Å². The van der Waals surface area contributed by atoms with Crippen molar-refractivity contribution in [3.8, 4) is 0 Å². The summed E-state index contributed by atoms with van der Waals surface area (Å²) in [4.78, 5) is 0. The molecule has 0 amide bonds. The summed E-state index contributed by atoms with van der Waals surface area (Å²) in [6.45, 7) is 13.5. The third kappa shape index (κ3) is 12.8. The minimum absolute atomic E-state index is 0.631. The van der Waals surface area contributed by atoms with E-state index in [-0.39, 0.29) is 0 Å². The van der Waals surface area contributed by atoms with Gasteiger partial charge < -0.3 is 0 Å². The summed E-state index contributed by atoms with van der Waals surface area (Å²) in [7, 11) is -2.88. The van der Waals surface area contributed by atoms with Gasteiger partial charge in [0.15, 0.2) is 0 Å². The number of rotatable bonds is 21. The first-order chi connectivity index (χ1) is 13.6. The maximum atomic E-state index is 6.03. The monoisotopic (exact) mass is 570 g/mol. The van der Waals surface area contributed by atoms with Gasteiger partial charge in [-0.2, -0.15) is 0 Å². The van der Waals surface area contributed by atoms with Crippen molar-refractivity contribution >= 4 is 43.6 Å². The summed E-state index contributed by atoms with van der Waals surface area (Å²) in [5.41, 5.74) is 0. The Morgan fingerprint density at radius 3 is 1.43 bits per heavy atom. The van der Waals surface area contributed by atoms with E-state index < -0.39 is 17.4 Å². The molecule has 0 aliphatic rings. The predicted molar refractivity (Wildman–Crippen MR) is 121 cm³/mol. The van der Waals surface area contributed by atoms with Crippen LogP contribution < -0.4 is 0 Å². The van der Waals surface area contributed by atoms with Crippen LogP contribution in [0.25, 0.3) is 0 Å². The Morgan fingerprint density at radius 2 is 1.04 bits per heavy atom. The molecule has 0 rings (SSSR count). The van der Waals surface area contributed by atoms with E-state index in [0.29, 0.717) is 39.3 Å². The molecule has 0 atom stereocenters. The van der Waals surface area contributed by atoms with Crippen molar-refractivity contribution in [1.29, 1.82) is 0 Å². The SMILES string of the molecule is CCO[Si](CCC[Se][Se]CCC[Si](OCC)(OCC)OCC)(COC)OCC. The molecule has 0 aliphatic carbocycles. The van der Waals surface area contributed by atoms with E-state index in [0.717, 1.165) is 44.8 Å². The Balaban J connectivity index is 4.14. The molecule has 0 N–H and O–H groups in total. The van der Waals surface area contributed by atoms with Crippen molar-refractivity contribution in [2.45, 2.75) is 70.2 Å². The van der Waals surface area contributed by atoms with Crippen LogP contribution in [0.15, 0.2) is 0 Å². The third-order valence-corrected chi connectivity index (χ3v) is 18.2. The summed E-state index contributed by atoms with van der Waals surface area (Å²) in [5.74, 6) is 0. The van der Waals surface area contributed by atoms with Crippen LogP contribution in [0.4, 0.5) is 0 Å². The molecule has 28 heavy (non-hydrogen) atoms. The van der Waals surface area contributed by atoms with Crippen LogP contribution in [0.1, 0.15) is 47.5 Å².